The smallest absolute Gasteiger partial charge is 0.182 e. The lowest BCUT2D eigenvalue weighted by atomic mass is 10.2. The van der Waals surface area contributed by atoms with Gasteiger partial charge in [-0.3, -0.25) is 5.10 Å². The summed E-state index contributed by atoms with van der Waals surface area (Å²) in [5, 5.41) is 22.7. The first-order valence-electron chi connectivity index (χ1n) is 8.84. The summed E-state index contributed by atoms with van der Waals surface area (Å²) in [7, 11) is 0. The van der Waals surface area contributed by atoms with Crippen molar-refractivity contribution in [1.29, 1.82) is 0 Å². The van der Waals surface area contributed by atoms with Crippen LogP contribution in [0.5, 0.6) is 5.75 Å². The van der Waals surface area contributed by atoms with Crippen molar-refractivity contribution in [2.24, 2.45) is 0 Å². The lowest BCUT2D eigenvalue weighted by Gasteiger charge is -2.09. The number of fused-ring (bicyclic) bond motifs is 1. The predicted molar refractivity (Wildman–Crippen MR) is 106 cm³/mol. The molecule has 0 spiro atoms. The van der Waals surface area contributed by atoms with E-state index in [-0.39, 0.29) is 6.10 Å². The Kier molecular flexibility index (Phi) is 4.74. The molecular weight excluding hydrogens is 380 g/mol. The second-order valence-electron chi connectivity index (χ2n) is 6.67. The fourth-order valence-corrected chi connectivity index (χ4v) is 3.15. The summed E-state index contributed by atoms with van der Waals surface area (Å²) in [5.74, 6) is 1.71. The molecule has 0 bridgehead atoms. The van der Waals surface area contributed by atoms with E-state index in [0.29, 0.717) is 28.1 Å². The molecule has 0 aliphatic carbocycles. The van der Waals surface area contributed by atoms with Gasteiger partial charge in [0.25, 0.3) is 0 Å². The van der Waals surface area contributed by atoms with Crippen LogP contribution in [0.1, 0.15) is 32.6 Å². The minimum atomic E-state index is -0.773. The number of benzene rings is 1. The largest absolute Gasteiger partial charge is 0.491 e. The van der Waals surface area contributed by atoms with Crippen LogP contribution in [0.4, 0.5) is 0 Å². The maximum Gasteiger partial charge on any atom is 0.182 e. The summed E-state index contributed by atoms with van der Waals surface area (Å²) >= 11 is 6.15. The molecule has 8 nitrogen and oxygen atoms in total. The fraction of sp³-hybridized carbons (Fsp3) is 0.263. The average Bonchev–Trinajstić information content (AvgIpc) is 3.24. The predicted octanol–water partition coefficient (Wildman–Crippen LogP) is 3.70. The summed E-state index contributed by atoms with van der Waals surface area (Å²) in [4.78, 5) is 8.92. The molecule has 0 fully saturated rings. The number of nitrogens with zero attached hydrogens (tertiary/aromatic N) is 5. The van der Waals surface area contributed by atoms with Crippen molar-refractivity contribution in [1.82, 2.24) is 29.9 Å². The van der Waals surface area contributed by atoms with Crippen molar-refractivity contribution in [3.8, 4) is 23.1 Å². The minimum absolute atomic E-state index is 0.0695. The van der Waals surface area contributed by atoms with Gasteiger partial charge < -0.3 is 9.84 Å². The quantitative estimate of drug-likeness (QED) is 0.531. The van der Waals surface area contributed by atoms with E-state index in [0.717, 1.165) is 16.7 Å². The monoisotopic (exact) mass is 398 g/mol. The highest BCUT2D eigenvalue weighted by Crippen LogP contribution is 2.28. The van der Waals surface area contributed by atoms with Crippen molar-refractivity contribution in [2.75, 3.05) is 0 Å². The number of hydrogen-bond donors (Lipinski definition) is 2. The Morgan fingerprint density at radius 3 is 2.75 bits per heavy atom. The molecule has 4 aromatic rings. The van der Waals surface area contributed by atoms with Gasteiger partial charge in [0.05, 0.1) is 28.9 Å². The van der Waals surface area contributed by atoms with Crippen molar-refractivity contribution in [3.63, 3.8) is 0 Å². The summed E-state index contributed by atoms with van der Waals surface area (Å²) < 4.78 is 7.29. The highest BCUT2D eigenvalue weighted by atomic mass is 35.5. The van der Waals surface area contributed by atoms with Crippen LogP contribution in [0.25, 0.3) is 28.2 Å². The molecule has 3 aromatic heterocycles. The molecule has 9 heteroatoms. The lowest BCUT2D eigenvalue weighted by Crippen LogP contribution is -2.05. The van der Waals surface area contributed by atoms with Gasteiger partial charge in [-0.15, -0.1) is 0 Å². The first-order valence-corrected chi connectivity index (χ1v) is 9.22. The van der Waals surface area contributed by atoms with Crippen molar-refractivity contribution in [2.45, 2.75) is 33.0 Å². The van der Waals surface area contributed by atoms with Crippen LogP contribution in [0.3, 0.4) is 0 Å². The number of nitrogens with one attached hydrogen (secondary N) is 1. The van der Waals surface area contributed by atoms with Crippen molar-refractivity contribution >= 4 is 22.5 Å². The van der Waals surface area contributed by atoms with Crippen molar-refractivity contribution in [3.05, 3.63) is 47.4 Å². The lowest BCUT2D eigenvalue weighted by molar-refractivity contribution is 0.194. The molecule has 0 amide bonds. The fourth-order valence-electron chi connectivity index (χ4n) is 2.87. The average molecular weight is 399 g/mol. The number of aromatic amines is 1. The molecule has 1 aromatic carbocycles. The normalized spacial score (nSPS) is 12.6. The van der Waals surface area contributed by atoms with Gasteiger partial charge in [-0.25, -0.2) is 14.6 Å². The van der Waals surface area contributed by atoms with Crippen molar-refractivity contribution < 1.29 is 9.84 Å². The number of halogens is 1. The van der Waals surface area contributed by atoms with Crippen LogP contribution in [-0.4, -0.2) is 41.2 Å². The number of aromatic nitrogens is 6. The van der Waals surface area contributed by atoms with Crippen LogP contribution < -0.4 is 4.74 Å². The van der Waals surface area contributed by atoms with Gasteiger partial charge >= 0.3 is 0 Å². The molecule has 144 valence electrons. The topological polar surface area (TPSA) is 102 Å². The molecule has 0 radical (unpaired) electrons. The third-order valence-electron chi connectivity index (χ3n) is 4.09. The SMILES string of the molecule is CC(C)Oc1ccc2[nH]nc(-c3nccc(-n4cc(Cl)c(C(C)O)n4)n3)c2c1. The van der Waals surface area contributed by atoms with Gasteiger partial charge in [0.15, 0.2) is 11.6 Å². The second-order valence-corrected chi connectivity index (χ2v) is 7.07. The summed E-state index contributed by atoms with van der Waals surface area (Å²) in [6.45, 7) is 5.56. The molecule has 0 aliphatic rings. The van der Waals surface area contributed by atoms with Gasteiger partial charge in [-0.1, -0.05) is 11.6 Å². The molecule has 0 saturated carbocycles. The molecular formula is C19H19ClN6O2. The third-order valence-corrected chi connectivity index (χ3v) is 4.38. The number of hydrogen-bond acceptors (Lipinski definition) is 6. The highest BCUT2D eigenvalue weighted by Gasteiger charge is 2.16. The Bertz CT molecular complexity index is 1130. The zero-order valence-electron chi connectivity index (χ0n) is 15.6. The number of aliphatic hydroxyl groups is 1. The second kappa shape index (κ2) is 7.21. The van der Waals surface area contributed by atoms with E-state index in [9.17, 15) is 5.11 Å². The van der Waals surface area contributed by atoms with E-state index >= 15 is 0 Å². The minimum Gasteiger partial charge on any atom is -0.491 e. The van der Waals surface area contributed by atoms with Gasteiger partial charge in [0, 0.05) is 17.6 Å². The molecule has 2 N–H and O–H groups in total. The maximum absolute atomic E-state index is 9.76. The Morgan fingerprint density at radius 1 is 1.21 bits per heavy atom. The van der Waals surface area contributed by atoms with Crippen LogP contribution in [0, 0.1) is 0 Å². The molecule has 4 rings (SSSR count). The van der Waals surface area contributed by atoms with Crippen LogP contribution in [-0.2, 0) is 0 Å². The Labute approximate surface area is 166 Å². The number of aliphatic hydroxyl groups excluding tert-OH is 1. The zero-order chi connectivity index (χ0) is 19.8. The Balaban J connectivity index is 1.76. The van der Waals surface area contributed by atoms with Gasteiger partial charge in [-0.2, -0.15) is 10.2 Å². The van der Waals surface area contributed by atoms with Gasteiger partial charge in [0.1, 0.15) is 17.1 Å². The summed E-state index contributed by atoms with van der Waals surface area (Å²) in [6.07, 6.45) is 2.53. The molecule has 3 heterocycles. The van der Waals surface area contributed by atoms with Crippen LogP contribution in [0.15, 0.2) is 36.7 Å². The third kappa shape index (κ3) is 3.44. The molecule has 0 saturated heterocycles. The van der Waals surface area contributed by atoms with Crippen LogP contribution in [0.2, 0.25) is 5.02 Å². The first-order chi connectivity index (χ1) is 13.4. The summed E-state index contributed by atoms with van der Waals surface area (Å²) in [5.41, 5.74) is 1.86. The standard InChI is InChI=1S/C19H19ClN6O2/c1-10(2)28-12-4-5-15-13(8-12)18(24-23-15)19-21-7-6-16(22-19)26-9-14(20)17(25-26)11(3)27/h4-11,27H,1-3H3,(H,23,24). The van der Waals surface area contributed by atoms with E-state index < -0.39 is 6.10 Å². The Morgan fingerprint density at radius 2 is 2.04 bits per heavy atom. The Hall–Kier alpha value is -2.97. The first kappa shape index (κ1) is 18.4. The van der Waals surface area contributed by atoms with Gasteiger partial charge in [0.2, 0.25) is 0 Å². The maximum atomic E-state index is 9.76. The molecule has 1 atom stereocenters. The zero-order valence-corrected chi connectivity index (χ0v) is 16.3. The van der Waals surface area contributed by atoms with E-state index in [2.05, 4.69) is 25.3 Å². The molecule has 1 unspecified atom stereocenters. The van der Waals surface area contributed by atoms with E-state index in [1.807, 2.05) is 32.0 Å². The van der Waals surface area contributed by atoms with E-state index in [1.165, 1.54) is 4.68 Å². The molecule has 0 aliphatic heterocycles. The molecule has 28 heavy (non-hydrogen) atoms. The van der Waals surface area contributed by atoms with E-state index in [4.69, 9.17) is 16.3 Å². The number of rotatable bonds is 5. The number of H-pyrrole nitrogens is 1. The van der Waals surface area contributed by atoms with E-state index in [1.54, 1.807) is 25.4 Å². The van der Waals surface area contributed by atoms with Gasteiger partial charge in [-0.05, 0) is 39.0 Å². The van der Waals surface area contributed by atoms with Crippen LogP contribution >= 0.6 is 11.6 Å². The number of ether oxygens (including phenoxy) is 1. The highest BCUT2D eigenvalue weighted by molar-refractivity contribution is 6.31. The summed E-state index contributed by atoms with van der Waals surface area (Å²) in [6, 6.07) is 7.43.